The Morgan fingerprint density at radius 3 is 2.25 bits per heavy atom. The first-order valence-electron chi connectivity index (χ1n) is 7.67. The Hall–Kier alpha value is -2.82. The summed E-state index contributed by atoms with van der Waals surface area (Å²) in [6.07, 6.45) is 1.62. The first-order chi connectivity index (χ1) is 11.6. The predicted molar refractivity (Wildman–Crippen MR) is 93.4 cm³/mol. The summed E-state index contributed by atoms with van der Waals surface area (Å²) >= 11 is 0. The fourth-order valence-corrected chi connectivity index (χ4v) is 1.91. The van der Waals surface area contributed by atoms with Crippen LogP contribution in [-0.2, 0) is 9.53 Å². The van der Waals surface area contributed by atoms with Crippen molar-refractivity contribution in [1.82, 2.24) is 0 Å². The fourth-order valence-electron chi connectivity index (χ4n) is 1.91. The van der Waals surface area contributed by atoms with Gasteiger partial charge in [0.25, 0.3) is 0 Å². The highest BCUT2D eigenvalue weighted by Gasteiger charge is 2.06. The van der Waals surface area contributed by atoms with Crippen molar-refractivity contribution in [3.8, 4) is 11.5 Å². The molecular formula is C19H21NO4. The van der Waals surface area contributed by atoms with E-state index in [9.17, 15) is 4.79 Å². The van der Waals surface area contributed by atoms with E-state index in [1.54, 1.807) is 39.3 Å². The molecule has 0 bridgehead atoms. The van der Waals surface area contributed by atoms with Gasteiger partial charge >= 0.3 is 5.97 Å². The third kappa shape index (κ3) is 5.76. The maximum absolute atomic E-state index is 11.4. The summed E-state index contributed by atoms with van der Waals surface area (Å²) in [5.74, 6) is 1.03. The molecule has 0 radical (unpaired) electrons. The zero-order valence-electron chi connectivity index (χ0n) is 14.1. The van der Waals surface area contributed by atoms with Crippen LogP contribution in [0.15, 0.2) is 53.5 Å². The quantitative estimate of drug-likeness (QED) is 0.574. The summed E-state index contributed by atoms with van der Waals surface area (Å²) in [6, 6.07) is 14.8. The summed E-state index contributed by atoms with van der Waals surface area (Å²) in [4.78, 5) is 15.8. The zero-order valence-corrected chi connectivity index (χ0v) is 14.1. The molecule has 0 aliphatic heterocycles. The van der Waals surface area contributed by atoms with Crippen molar-refractivity contribution < 1.29 is 19.0 Å². The lowest BCUT2D eigenvalue weighted by Gasteiger charge is -2.09. The Labute approximate surface area is 141 Å². The molecule has 0 amide bonds. The predicted octanol–water partition coefficient (Wildman–Crippen LogP) is 3.78. The lowest BCUT2D eigenvalue weighted by atomic mass is 10.2. The van der Waals surface area contributed by atoms with E-state index in [1.165, 1.54) is 0 Å². The number of rotatable bonds is 7. The van der Waals surface area contributed by atoms with E-state index in [1.807, 2.05) is 36.4 Å². The first kappa shape index (κ1) is 17.5. The van der Waals surface area contributed by atoms with Gasteiger partial charge in [0.1, 0.15) is 11.5 Å². The summed E-state index contributed by atoms with van der Waals surface area (Å²) in [6.45, 7) is 3.50. The highest BCUT2D eigenvalue weighted by Crippen LogP contribution is 2.18. The molecule has 0 aliphatic rings. The Morgan fingerprint density at radius 2 is 1.67 bits per heavy atom. The number of carbonyl (C=O) groups excluding carboxylic acids is 1. The number of methoxy groups -OCH3 is 1. The average Bonchev–Trinajstić information content (AvgIpc) is 2.59. The number of hydrogen-bond acceptors (Lipinski definition) is 5. The Bertz CT molecular complexity index is 676. The topological polar surface area (TPSA) is 57.1 Å². The van der Waals surface area contributed by atoms with Gasteiger partial charge in [-0.2, -0.15) is 0 Å². The van der Waals surface area contributed by atoms with E-state index in [4.69, 9.17) is 14.2 Å². The van der Waals surface area contributed by atoms with Crippen molar-refractivity contribution in [1.29, 1.82) is 0 Å². The van der Waals surface area contributed by atoms with Gasteiger partial charge < -0.3 is 14.2 Å². The first-order valence-corrected chi connectivity index (χ1v) is 7.67. The van der Waals surface area contributed by atoms with Gasteiger partial charge in [0.15, 0.2) is 6.61 Å². The van der Waals surface area contributed by atoms with Crippen LogP contribution in [-0.4, -0.2) is 32.0 Å². The fraction of sp³-hybridized carbons (Fsp3) is 0.263. The van der Waals surface area contributed by atoms with Gasteiger partial charge in [-0.25, -0.2) is 4.79 Å². The largest absolute Gasteiger partial charge is 0.497 e. The summed E-state index contributed by atoms with van der Waals surface area (Å²) in [7, 11) is 1.63. The van der Waals surface area contributed by atoms with Gasteiger partial charge in [-0.05, 0) is 67.9 Å². The third-order valence-electron chi connectivity index (χ3n) is 3.04. The molecule has 126 valence electrons. The normalized spacial score (nSPS) is 10.8. The molecule has 5 heteroatoms. The van der Waals surface area contributed by atoms with Crippen LogP contribution in [0.2, 0.25) is 0 Å². The number of nitrogens with zero attached hydrogens (tertiary/aromatic N) is 1. The molecule has 24 heavy (non-hydrogen) atoms. The molecule has 0 spiro atoms. The van der Waals surface area contributed by atoms with E-state index in [0.29, 0.717) is 5.75 Å². The number of carbonyl (C=O) groups is 1. The van der Waals surface area contributed by atoms with E-state index in [-0.39, 0.29) is 18.7 Å². The van der Waals surface area contributed by atoms with Crippen LogP contribution in [0.4, 0.5) is 5.69 Å². The SMILES string of the molecule is COc1ccc(N=Cc2ccc(OCC(=O)OC(C)C)cc2)cc1. The van der Waals surface area contributed by atoms with E-state index in [2.05, 4.69) is 4.99 Å². The van der Waals surface area contributed by atoms with Crippen LogP contribution in [0.1, 0.15) is 19.4 Å². The van der Waals surface area contributed by atoms with Gasteiger partial charge in [-0.15, -0.1) is 0 Å². The van der Waals surface area contributed by atoms with E-state index >= 15 is 0 Å². The minimum absolute atomic E-state index is 0.0997. The number of esters is 1. The Morgan fingerprint density at radius 1 is 1.04 bits per heavy atom. The molecule has 0 unspecified atom stereocenters. The average molecular weight is 327 g/mol. The molecule has 5 nitrogen and oxygen atoms in total. The minimum atomic E-state index is -0.379. The van der Waals surface area contributed by atoms with Crippen LogP contribution in [0.5, 0.6) is 11.5 Å². The monoisotopic (exact) mass is 327 g/mol. The second kappa shape index (κ2) is 8.72. The van der Waals surface area contributed by atoms with Crippen molar-refractivity contribution >= 4 is 17.9 Å². The summed E-state index contributed by atoms with van der Waals surface area (Å²) in [5, 5.41) is 0. The number of hydrogen-bond donors (Lipinski definition) is 0. The van der Waals surface area contributed by atoms with Crippen molar-refractivity contribution in [2.75, 3.05) is 13.7 Å². The summed E-state index contributed by atoms with van der Waals surface area (Å²) < 4.78 is 15.5. The highest BCUT2D eigenvalue weighted by molar-refractivity contribution is 5.82. The molecule has 0 atom stereocenters. The molecule has 0 aliphatic carbocycles. The molecular weight excluding hydrogens is 306 g/mol. The van der Waals surface area contributed by atoms with Crippen molar-refractivity contribution in [3.63, 3.8) is 0 Å². The van der Waals surface area contributed by atoms with Gasteiger partial charge in [0, 0.05) is 6.21 Å². The second-order valence-electron chi connectivity index (χ2n) is 5.35. The van der Waals surface area contributed by atoms with Crippen LogP contribution in [0, 0.1) is 0 Å². The van der Waals surface area contributed by atoms with Gasteiger partial charge in [0.2, 0.25) is 0 Å². The Kier molecular flexibility index (Phi) is 6.37. The van der Waals surface area contributed by atoms with Gasteiger partial charge in [-0.3, -0.25) is 4.99 Å². The van der Waals surface area contributed by atoms with Crippen molar-refractivity contribution in [2.45, 2.75) is 20.0 Å². The van der Waals surface area contributed by atoms with Crippen LogP contribution in [0.25, 0.3) is 0 Å². The van der Waals surface area contributed by atoms with Crippen molar-refractivity contribution in [2.24, 2.45) is 4.99 Å². The van der Waals surface area contributed by atoms with Crippen LogP contribution >= 0.6 is 0 Å². The molecule has 0 saturated carbocycles. The lowest BCUT2D eigenvalue weighted by molar-refractivity contribution is -0.149. The Balaban J connectivity index is 1.89. The highest BCUT2D eigenvalue weighted by atomic mass is 16.6. The van der Waals surface area contributed by atoms with Crippen LogP contribution < -0.4 is 9.47 Å². The zero-order chi connectivity index (χ0) is 17.4. The molecule has 2 rings (SSSR count). The lowest BCUT2D eigenvalue weighted by Crippen LogP contribution is -2.18. The maximum Gasteiger partial charge on any atom is 0.344 e. The number of ether oxygens (including phenoxy) is 3. The third-order valence-corrected chi connectivity index (χ3v) is 3.04. The molecule has 2 aromatic carbocycles. The minimum Gasteiger partial charge on any atom is -0.497 e. The number of benzene rings is 2. The van der Waals surface area contributed by atoms with Gasteiger partial charge in [-0.1, -0.05) is 0 Å². The summed E-state index contributed by atoms with van der Waals surface area (Å²) in [5.41, 5.74) is 1.77. The maximum atomic E-state index is 11.4. The standard InChI is InChI=1S/C19H21NO4/c1-14(2)24-19(21)13-23-18-8-4-15(5-9-18)12-20-16-6-10-17(22-3)11-7-16/h4-12,14H,13H2,1-3H3. The molecule has 0 fully saturated rings. The van der Waals surface area contributed by atoms with E-state index < -0.39 is 0 Å². The number of aliphatic imine (C=N–C) groups is 1. The van der Waals surface area contributed by atoms with Crippen molar-refractivity contribution in [3.05, 3.63) is 54.1 Å². The van der Waals surface area contributed by atoms with E-state index in [0.717, 1.165) is 17.0 Å². The molecule has 0 saturated heterocycles. The van der Waals surface area contributed by atoms with Crippen LogP contribution in [0.3, 0.4) is 0 Å². The second-order valence-corrected chi connectivity index (χ2v) is 5.35. The van der Waals surface area contributed by atoms with Gasteiger partial charge in [0.05, 0.1) is 18.9 Å². The smallest absolute Gasteiger partial charge is 0.344 e. The molecule has 0 heterocycles. The molecule has 2 aromatic rings. The molecule has 0 aromatic heterocycles. The molecule has 0 N–H and O–H groups in total.